The fourth-order valence-corrected chi connectivity index (χ4v) is 3.25. The maximum atomic E-state index is 5.82. The van der Waals surface area contributed by atoms with E-state index in [9.17, 15) is 0 Å². The van der Waals surface area contributed by atoms with Gasteiger partial charge in [0.15, 0.2) is 0 Å². The van der Waals surface area contributed by atoms with E-state index in [2.05, 4.69) is 39.1 Å². The lowest BCUT2D eigenvalue weighted by Crippen LogP contribution is -2.17. The van der Waals surface area contributed by atoms with Crippen LogP contribution in [0.3, 0.4) is 0 Å². The van der Waals surface area contributed by atoms with Crippen molar-refractivity contribution in [2.24, 2.45) is 5.73 Å². The van der Waals surface area contributed by atoms with E-state index in [1.807, 2.05) is 20.8 Å². The van der Waals surface area contributed by atoms with Gasteiger partial charge in [0.2, 0.25) is 0 Å². The lowest BCUT2D eigenvalue weighted by atomic mass is 10.1. The Kier molecular flexibility index (Phi) is 4.71. The third kappa shape index (κ3) is 3.84. The first-order chi connectivity index (χ1) is 8.95. The highest BCUT2D eigenvalue weighted by Gasteiger charge is 2.09. The summed E-state index contributed by atoms with van der Waals surface area (Å²) in [5, 5.41) is 0.682. The Balaban J connectivity index is 2.15. The van der Waals surface area contributed by atoms with Crippen molar-refractivity contribution >= 4 is 27.7 Å². The molecule has 0 aliphatic carbocycles. The Morgan fingerprint density at radius 1 is 1.42 bits per heavy atom. The number of rotatable bonds is 4. The quantitative estimate of drug-likeness (QED) is 0.910. The molecule has 0 radical (unpaired) electrons. The number of nitrogens with two attached hydrogens (primary N) is 1. The van der Waals surface area contributed by atoms with Crippen LogP contribution < -0.4 is 5.73 Å². The van der Waals surface area contributed by atoms with E-state index in [1.165, 1.54) is 17.3 Å². The van der Waals surface area contributed by atoms with Gasteiger partial charge in [-0.25, -0.2) is 4.98 Å². The zero-order chi connectivity index (χ0) is 14.0. The lowest BCUT2D eigenvalue weighted by Gasteiger charge is -2.08. The summed E-state index contributed by atoms with van der Waals surface area (Å²) in [7, 11) is 0. The summed E-state index contributed by atoms with van der Waals surface area (Å²) < 4.78 is 6.65. The van der Waals surface area contributed by atoms with Crippen LogP contribution in [0.1, 0.15) is 23.9 Å². The summed E-state index contributed by atoms with van der Waals surface area (Å²) in [5.74, 6) is 0.871. The van der Waals surface area contributed by atoms with E-state index >= 15 is 0 Å². The molecule has 0 aliphatic rings. The van der Waals surface area contributed by atoms with Crippen LogP contribution in [-0.4, -0.2) is 11.0 Å². The summed E-state index contributed by atoms with van der Waals surface area (Å²) in [5.41, 5.74) is 7.98. The molecule has 2 rings (SSSR count). The van der Waals surface area contributed by atoms with Crippen LogP contribution in [0.2, 0.25) is 0 Å². The van der Waals surface area contributed by atoms with Gasteiger partial charge < -0.3 is 10.2 Å². The monoisotopic (exact) mass is 340 g/mol. The summed E-state index contributed by atoms with van der Waals surface area (Å²) in [6.45, 7) is 5.88. The third-order valence-corrected chi connectivity index (χ3v) is 4.36. The Hall–Kier alpha value is -0.780. The van der Waals surface area contributed by atoms with Crippen molar-refractivity contribution in [1.82, 2.24) is 4.98 Å². The van der Waals surface area contributed by atoms with Crippen molar-refractivity contribution in [3.05, 3.63) is 39.7 Å². The Morgan fingerprint density at radius 3 is 2.68 bits per heavy atom. The predicted octanol–water partition coefficient (Wildman–Crippen LogP) is 4.09. The molecule has 2 N–H and O–H groups in total. The molecule has 19 heavy (non-hydrogen) atoms. The highest BCUT2D eigenvalue weighted by Crippen LogP contribution is 2.31. The molecule has 1 aromatic heterocycles. The van der Waals surface area contributed by atoms with Gasteiger partial charge >= 0.3 is 0 Å². The van der Waals surface area contributed by atoms with Gasteiger partial charge in [0, 0.05) is 15.4 Å². The number of hydrogen-bond acceptors (Lipinski definition) is 4. The molecule has 1 atom stereocenters. The first-order valence-corrected chi connectivity index (χ1v) is 7.72. The highest BCUT2D eigenvalue weighted by atomic mass is 79.9. The molecule has 102 valence electrons. The number of aromatic nitrogens is 1. The number of benzene rings is 1. The maximum absolute atomic E-state index is 5.82. The van der Waals surface area contributed by atoms with E-state index in [0.717, 1.165) is 27.2 Å². The number of aryl methyl sites for hydroxylation is 2. The van der Waals surface area contributed by atoms with Crippen molar-refractivity contribution in [3.8, 4) is 0 Å². The summed E-state index contributed by atoms with van der Waals surface area (Å²) >= 11 is 5.11. The van der Waals surface area contributed by atoms with E-state index < -0.39 is 0 Å². The van der Waals surface area contributed by atoms with Crippen LogP contribution in [0.25, 0.3) is 0 Å². The molecule has 1 heterocycles. The van der Waals surface area contributed by atoms with E-state index in [-0.39, 0.29) is 6.04 Å². The van der Waals surface area contributed by atoms with Gasteiger partial charge in [-0.2, -0.15) is 0 Å². The average Bonchev–Trinajstić information content (AvgIpc) is 2.61. The molecule has 0 fully saturated rings. The first kappa shape index (κ1) is 14.6. The topological polar surface area (TPSA) is 52.0 Å². The van der Waals surface area contributed by atoms with Crippen molar-refractivity contribution in [2.75, 3.05) is 0 Å². The molecule has 0 amide bonds. The normalized spacial score (nSPS) is 12.7. The average molecular weight is 341 g/mol. The second kappa shape index (κ2) is 6.11. The Bertz CT molecular complexity index is 561. The molecule has 3 nitrogen and oxygen atoms in total. The number of hydrogen-bond donors (Lipinski definition) is 1. The lowest BCUT2D eigenvalue weighted by molar-refractivity contribution is 0.431. The van der Waals surface area contributed by atoms with Gasteiger partial charge in [0.25, 0.3) is 5.22 Å². The van der Waals surface area contributed by atoms with E-state index in [0.29, 0.717) is 5.22 Å². The zero-order valence-corrected chi connectivity index (χ0v) is 13.6. The van der Waals surface area contributed by atoms with Crippen LogP contribution in [0.15, 0.2) is 37.2 Å². The maximum Gasteiger partial charge on any atom is 0.260 e. The molecule has 2 aromatic rings. The number of oxazole rings is 1. The van der Waals surface area contributed by atoms with Gasteiger partial charge in [0.1, 0.15) is 5.76 Å². The fourth-order valence-electron chi connectivity index (χ4n) is 1.69. The van der Waals surface area contributed by atoms with E-state index in [1.54, 1.807) is 0 Å². The van der Waals surface area contributed by atoms with Crippen LogP contribution in [-0.2, 0) is 6.42 Å². The van der Waals surface area contributed by atoms with Gasteiger partial charge in [-0.3, -0.25) is 0 Å². The minimum absolute atomic E-state index is 0.159. The second-order valence-electron chi connectivity index (χ2n) is 4.66. The molecule has 0 bridgehead atoms. The molecule has 0 saturated heterocycles. The smallest absolute Gasteiger partial charge is 0.260 e. The summed E-state index contributed by atoms with van der Waals surface area (Å²) in [6.07, 6.45) is 0.864. The predicted molar refractivity (Wildman–Crippen MR) is 81.6 cm³/mol. The van der Waals surface area contributed by atoms with E-state index in [4.69, 9.17) is 10.2 Å². The number of nitrogens with zero attached hydrogens (tertiary/aromatic N) is 1. The van der Waals surface area contributed by atoms with Crippen LogP contribution in [0, 0.1) is 13.8 Å². The largest absolute Gasteiger partial charge is 0.436 e. The van der Waals surface area contributed by atoms with Crippen molar-refractivity contribution in [3.63, 3.8) is 0 Å². The molecule has 0 saturated carbocycles. The fraction of sp³-hybridized carbons (Fsp3) is 0.357. The first-order valence-electron chi connectivity index (χ1n) is 6.11. The molecule has 0 spiro atoms. The summed E-state index contributed by atoms with van der Waals surface area (Å²) in [4.78, 5) is 5.47. The minimum Gasteiger partial charge on any atom is -0.436 e. The standard InChI is InChI=1S/C14H17BrN2OS/c1-8(16)6-11-4-5-12(7-13(11)15)19-14-17-9(2)10(3)18-14/h4-5,7-8H,6,16H2,1-3H3. The SMILES string of the molecule is Cc1nc(Sc2ccc(CC(C)N)c(Br)c2)oc1C. The Labute approximate surface area is 126 Å². The van der Waals surface area contributed by atoms with Crippen molar-refractivity contribution < 1.29 is 4.42 Å². The van der Waals surface area contributed by atoms with Crippen LogP contribution >= 0.6 is 27.7 Å². The van der Waals surface area contributed by atoms with Gasteiger partial charge in [0.05, 0.1) is 5.69 Å². The van der Waals surface area contributed by atoms with Gasteiger partial charge in [-0.15, -0.1) is 0 Å². The van der Waals surface area contributed by atoms with Crippen molar-refractivity contribution in [1.29, 1.82) is 0 Å². The van der Waals surface area contributed by atoms with Gasteiger partial charge in [-0.1, -0.05) is 22.0 Å². The molecule has 0 aliphatic heterocycles. The minimum atomic E-state index is 0.159. The second-order valence-corrected chi connectivity index (χ2v) is 6.54. The Morgan fingerprint density at radius 2 is 2.16 bits per heavy atom. The molecule has 5 heteroatoms. The molecular formula is C14H17BrN2OS. The molecular weight excluding hydrogens is 324 g/mol. The highest BCUT2D eigenvalue weighted by molar-refractivity contribution is 9.10. The zero-order valence-electron chi connectivity index (χ0n) is 11.2. The van der Waals surface area contributed by atoms with Crippen molar-refractivity contribution in [2.45, 2.75) is 43.4 Å². The number of halogens is 1. The third-order valence-electron chi connectivity index (χ3n) is 2.78. The van der Waals surface area contributed by atoms with Gasteiger partial charge in [-0.05, 0) is 56.7 Å². The molecule has 1 aromatic carbocycles. The molecule has 1 unspecified atom stereocenters. The summed E-state index contributed by atoms with van der Waals surface area (Å²) in [6, 6.07) is 6.41. The van der Waals surface area contributed by atoms with Crippen LogP contribution in [0.5, 0.6) is 0 Å². The van der Waals surface area contributed by atoms with Crippen LogP contribution in [0.4, 0.5) is 0 Å².